The molecule has 1 aromatic heterocycles. The molecule has 5 aromatic rings. The Morgan fingerprint density at radius 1 is 1.03 bits per heavy atom. The minimum absolute atomic E-state index is 0.0419. The molecule has 0 aliphatic carbocycles. The first-order valence-corrected chi connectivity index (χ1v) is 13.3. The molecule has 6 nitrogen and oxygen atoms in total. The first-order valence-electron chi connectivity index (χ1n) is 12.5. The number of ether oxygens (including phenoxy) is 2. The Balaban J connectivity index is 1.56. The van der Waals surface area contributed by atoms with Crippen molar-refractivity contribution in [3.05, 3.63) is 111 Å². The summed E-state index contributed by atoms with van der Waals surface area (Å²) in [6.07, 6.45) is 2.46. The van der Waals surface area contributed by atoms with Gasteiger partial charge < -0.3 is 9.47 Å². The van der Waals surface area contributed by atoms with Gasteiger partial charge in [-0.2, -0.15) is 9.78 Å². The summed E-state index contributed by atoms with van der Waals surface area (Å²) in [4.78, 5) is 18.3. The maximum Gasteiger partial charge on any atom is 0.282 e. The fourth-order valence-corrected chi connectivity index (χ4v) is 4.78. The van der Waals surface area contributed by atoms with Crippen LogP contribution in [0.3, 0.4) is 0 Å². The summed E-state index contributed by atoms with van der Waals surface area (Å²) in [5.74, 6) is 1.80. The number of para-hydroxylation sites is 1. The second-order valence-electron chi connectivity index (χ2n) is 9.11. The molecule has 0 amide bonds. The molecule has 0 N–H and O–H groups in total. The number of aromatic nitrogens is 2. The van der Waals surface area contributed by atoms with E-state index in [1.54, 1.807) is 19.4 Å². The number of benzene rings is 4. The van der Waals surface area contributed by atoms with E-state index in [9.17, 15) is 4.79 Å². The number of halogens is 1. The zero-order valence-electron chi connectivity index (χ0n) is 21.5. The molecular formula is C31H28BrN3O3. The van der Waals surface area contributed by atoms with Gasteiger partial charge in [-0.25, -0.2) is 4.98 Å². The Labute approximate surface area is 229 Å². The zero-order chi connectivity index (χ0) is 26.6. The lowest BCUT2D eigenvalue weighted by Crippen LogP contribution is -2.23. The number of hydrogen-bond acceptors (Lipinski definition) is 5. The van der Waals surface area contributed by atoms with Crippen LogP contribution in [-0.2, 0) is 6.61 Å². The van der Waals surface area contributed by atoms with Crippen molar-refractivity contribution in [3.63, 3.8) is 0 Å². The maximum absolute atomic E-state index is 13.5. The largest absolute Gasteiger partial charge is 0.493 e. The molecule has 0 aliphatic rings. The van der Waals surface area contributed by atoms with Crippen LogP contribution >= 0.6 is 15.9 Å². The molecule has 1 atom stereocenters. The van der Waals surface area contributed by atoms with Gasteiger partial charge in [0.2, 0.25) is 0 Å². The van der Waals surface area contributed by atoms with Crippen molar-refractivity contribution < 1.29 is 9.47 Å². The molecule has 0 spiro atoms. The second kappa shape index (κ2) is 11.2. The van der Waals surface area contributed by atoms with Gasteiger partial charge in [-0.15, -0.1) is 0 Å². The molecule has 0 saturated carbocycles. The molecule has 5 rings (SSSR count). The van der Waals surface area contributed by atoms with Crippen LogP contribution in [-0.4, -0.2) is 23.0 Å². The van der Waals surface area contributed by atoms with E-state index in [1.807, 2.05) is 55.5 Å². The van der Waals surface area contributed by atoms with Crippen LogP contribution < -0.4 is 15.0 Å². The van der Waals surface area contributed by atoms with Crippen molar-refractivity contribution in [1.82, 2.24) is 9.66 Å². The fraction of sp³-hybridized carbons (Fsp3) is 0.194. The molecule has 7 heteroatoms. The van der Waals surface area contributed by atoms with Crippen LogP contribution in [0.4, 0.5) is 0 Å². The molecule has 0 radical (unpaired) electrons. The molecule has 0 fully saturated rings. The van der Waals surface area contributed by atoms with E-state index in [2.05, 4.69) is 52.2 Å². The van der Waals surface area contributed by atoms with Gasteiger partial charge in [-0.1, -0.05) is 78.3 Å². The lowest BCUT2D eigenvalue weighted by molar-refractivity contribution is 0.285. The summed E-state index contributed by atoms with van der Waals surface area (Å²) in [6.45, 7) is 4.47. The average Bonchev–Trinajstić information content (AvgIpc) is 2.95. The minimum atomic E-state index is -0.219. The number of fused-ring (bicyclic) bond motifs is 2. The summed E-state index contributed by atoms with van der Waals surface area (Å²) in [5.41, 5.74) is 2.20. The highest BCUT2D eigenvalue weighted by Crippen LogP contribution is 2.32. The normalized spacial score (nSPS) is 12.3. The Kier molecular flexibility index (Phi) is 7.56. The molecule has 1 heterocycles. The minimum Gasteiger partial charge on any atom is -0.493 e. The number of hydrogen-bond donors (Lipinski definition) is 0. The summed E-state index contributed by atoms with van der Waals surface area (Å²) in [5, 5.41) is 7.43. The van der Waals surface area contributed by atoms with Gasteiger partial charge in [-0.3, -0.25) is 4.79 Å². The quantitative estimate of drug-likeness (QED) is 0.184. The molecule has 38 heavy (non-hydrogen) atoms. The SMILES string of the molecule is CC[C@H](C)c1nc2ccc(Br)cc2c(=O)n1N=Cc1cccc(OC)c1OCc1cccc2ccccc12. The summed E-state index contributed by atoms with van der Waals surface area (Å²) < 4.78 is 14.2. The second-order valence-corrected chi connectivity index (χ2v) is 10.0. The van der Waals surface area contributed by atoms with Crippen molar-refractivity contribution in [3.8, 4) is 11.5 Å². The lowest BCUT2D eigenvalue weighted by Gasteiger charge is -2.15. The smallest absolute Gasteiger partial charge is 0.282 e. The third-order valence-electron chi connectivity index (χ3n) is 6.68. The highest BCUT2D eigenvalue weighted by molar-refractivity contribution is 9.10. The van der Waals surface area contributed by atoms with Crippen LogP contribution in [0.5, 0.6) is 11.5 Å². The molecule has 0 bridgehead atoms. The number of nitrogens with zero attached hydrogens (tertiary/aromatic N) is 3. The Hall–Kier alpha value is -3.97. The van der Waals surface area contributed by atoms with Crippen LogP contribution in [0.2, 0.25) is 0 Å². The van der Waals surface area contributed by atoms with Gasteiger partial charge in [-0.05, 0) is 53.1 Å². The Bertz CT molecular complexity index is 1710. The van der Waals surface area contributed by atoms with Crippen LogP contribution in [0.1, 0.15) is 43.1 Å². The van der Waals surface area contributed by atoms with Gasteiger partial charge in [0.25, 0.3) is 5.56 Å². The van der Waals surface area contributed by atoms with Crippen LogP contribution in [0, 0.1) is 0 Å². The zero-order valence-corrected chi connectivity index (χ0v) is 23.1. The molecule has 0 aliphatic heterocycles. The maximum atomic E-state index is 13.5. The van der Waals surface area contributed by atoms with E-state index in [4.69, 9.17) is 14.5 Å². The van der Waals surface area contributed by atoms with E-state index >= 15 is 0 Å². The lowest BCUT2D eigenvalue weighted by atomic mass is 10.1. The summed E-state index contributed by atoms with van der Waals surface area (Å²) in [6, 6.07) is 25.5. The molecule has 0 unspecified atom stereocenters. The number of rotatable bonds is 8. The van der Waals surface area contributed by atoms with Crippen LogP contribution in [0.25, 0.3) is 21.7 Å². The highest BCUT2D eigenvalue weighted by Gasteiger charge is 2.16. The predicted octanol–water partition coefficient (Wildman–Crippen LogP) is 7.30. The molecule has 4 aromatic carbocycles. The van der Waals surface area contributed by atoms with Gasteiger partial charge in [0.05, 0.1) is 24.2 Å². The first kappa shape index (κ1) is 25.7. The molecule has 192 valence electrons. The van der Waals surface area contributed by atoms with Crippen LogP contribution in [0.15, 0.2) is 93.2 Å². The predicted molar refractivity (Wildman–Crippen MR) is 157 cm³/mol. The van der Waals surface area contributed by atoms with E-state index in [0.29, 0.717) is 40.4 Å². The van der Waals surface area contributed by atoms with Gasteiger partial charge in [0, 0.05) is 16.0 Å². The molecule has 0 saturated heterocycles. The topological polar surface area (TPSA) is 65.7 Å². The monoisotopic (exact) mass is 569 g/mol. The van der Waals surface area contributed by atoms with Crippen molar-refractivity contribution in [1.29, 1.82) is 0 Å². The summed E-state index contributed by atoms with van der Waals surface area (Å²) in [7, 11) is 1.61. The highest BCUT2D eigenvalue weighted by atomic mass is 79.9. The van der Waals surface area contributed by atoms with Gasteiger partial charge in [0.1, 0.15) is 12.4 Å². The first-order chi connectivity index (χ1) is 18.5. The number of methoxy groups -OCH3 is 1. The van der Waals surface area contributed by atoms with Gasteiger partial charge >= 0.3 is 0 Å². The van der Waals surface area contributed by atoms with Crippen molar-refractivity contribution in [2.75, 3.05) is 7.11 Å². The van der Waals surface area contributed by atoms with E-state index in [0.717, 1.165) is 27.2 Å². The molecular weight excluding hydrogens is 542 g/mol. The van der Waals surface area contributed by atoms with Crippen molar-refractivity contribution >= 4 is 43.8 Å². The van der Waals surface area contributed by atoms with E-state index < -0.39 is 0 Å². The third kappa shape index (κ3) is 5.07. The standard InChI is InChI=1S/C31H28BrN3O3/c1-4-20(2)30-34-27-16-15-24(32)17-26(27)31(36)35(30)33-18-22-11-8-14-28(37-3)29(22)38-19-23-12-7-10-21-9-5-6-13-25(21)23/h5-18,20H,4,19H2,1-3H3/t20-/m0/s1. The Morgan fingerprint density at radius 2 is 1.82 bits per heavy atom. The Morgan fingerprint density at radius 3 is 2.63 bits per heavy atom. The van der Waals surface area contributed by atoms with Crippen molar-refractivity contribution in [2.24, 2.45) is 5.10 Å². The average molecular weight is 570 g/mol. The van der Waals surface area contributed by atoms with Gasteiger partial charge in [0.15, 0.2) is 11.5 Å². The third-order valence-corrected chi connectivity index (χ3v) is 7.17. The summed E-state index contributed by atoms with van der Waals surface area (Å²) >= 11 is 3.46. The van der Waals surface area contributed by atoms with Crippen molar-refractivity contribution in [2.45, 2.75) is 32.8 Å². The van der Waals surface area contributed by atoms with E-state index in [-0.39, 0.29) is 11.5 Å². The fourth-order valence-electron chi connectivity index (χ4n) is 4.42. The van der Waals surface area contributed by atoms with E-state index in [1.165, 1.54) is 4.68 Å².